The molecule has 0 atom stereocenters. The molecule has 5 nitrogen and oxygen atoms in total. The van der Waals surface area contributed by atoms with E-state index in [-0.39, 0.29) is 24.0 Å². The Hall–Kier alpha value is -1.22. The maximum absolute atomic E-state index is 4.82. The van der Waals surface area contributed by atoms with Gasteiger partial charge in [0.25, 0.3) is 0 Å². The second-order valence-corrected chi connectivity index (χ2v) is 7.71. The van der Waals surface area contributed by atoms with Gasteiger partial charge in [0.05, 0.1) is 10.7 Å². The summed E-state index contributed by atoms with van der Waals surface area (Å²) in [6.07, 6.45) is 9.86. The average Bonchev–Trinajstić information content (AvgIpc) is 3.09. The van der Waals surface area contributed by atoms with Crippen LogP contribution in [0.25, 0.3) is 0 Å². The summed E-state index contributed by atoms with van der Waals surface area (Å²) >= 11 is 1.92. The van der Waals surface area contributed by atoms with E-state index in [1.54, 1.807) is 0 Å². The maximum Gasteiger partial charge on any atom is 0.191 e. The Kier molecular flexibility index (Phi) is 10.0. The predicted molar refractivity (Wildman–Crippen MR) is 124 cm³/mol. The summed E-state index contributed by atoms with van der Waals surface area (Å²) in [6.45, 7) is 4.62. The van der Waals surface area contributed by atoms with E-state index in [1.807, 2.05) is 29.7 Å². The van der Waals surface area contributed by atoms with Gasteiger partial charge < -0.3 is 10.6 Å². The fourth-order valence-electron chi connectivity index (χ4n) is 3.13. The van der Waals surface area contributed by atoms with E-state index in [0.717, 1.165) is 50.6 Å². The summed E-state index contributed by atoms with van der Waals surface area (Å²) in [5.74, 6) is 0.891. The predicted octanol–water partition coefficient (Wildman–Crippen LogP) is 3.77. The average molecular weight is 499 g/mol. The van der Waals surface area contributed by atoms with Crippen molar-refractivity contribution in [1.82, 2.24) is 20.6 Å². The molecule has 2 aromatic heterocycles. The zero-order valence-corrected chi connectivity index (χ0v) is 19.2. The van der Waals surface area contributed by atoms with Crippen molar-refractivity contribution in [2.45, 2.75) is 51.9 Å². The van der Waals surface area contributed by atoms with Crippen LogP contribution in [0.4, 0.5) is 0 Å². The zero-order valence-electron chi connectivity index (χ0n) is 16.0. The van der Waals surface area contributed by atoms with Crippen molar-refractivity contribution in [2.75, 3.05) is 19.6 Å². The highest BCUT2D eigenvalue weighted by molar-refractivity contribution is 14.0. The van der Waals surface area contributed by atoms with Gasteiger partial charge in [-0.2, -0.15) is 0 Å². The van der Waals surface area contributed by atoms with E-state index in [0.29, 0.717) is 0 Å². The standard InChI is InChI=1S/C20H29N5S.HI/c1-2-21-20(24-15-12-16-8-5-6-13-22-16)23-14-7-11-19-25-17-9-3-4-10-18(17)26-19;/h5-6,8,13H,2-4,7,9-12,14-15H2,1H3,(H2,21,23,24);1H. The highest BCUT2D eigenvalue weighted by atomic mass is 127. The largest absolute Gasteiger partial charge is 0.357 e. The summed E-state index contributed by atoms with van der Waals surface area (Å²) < 4.78 is 0. The van der Waals surface area contributed by atoms with Gasteiger partial charge in [-0.25, -0.2) is 4.98 Å². The van der Waals surface area contributed by atoms with Gasteiger partial charge in [0, 0.05) is 49.2 Å². The number of pyridine rings is 1. The van der Waals surface area contributed by atoms with Crippen molar-refractivity contribution < 1.29 is 0 Å². The Balaban J connectivity index is 0.00000261. The Labute approximate surface area is 183 Å². The first kappa shape index (κ1) is 22.1. The van der Waals surface area contributed by atoms with E-state index >= 15 is 0 Å². The number of fused-ring (bicyclic) bond motifs is 1. The van der Waals surface area contributed by atoms with Gasteiger partial charge in [-0.15, -0.1) is 35.3 Å². The Bertz CT molecular complexity index is 678. The van der Waals surface area contributed by atoms with Crippen LogP contribution in [0.5, 0.6) is 0 Å². The van der Waals surface area contributed by atoms with Crippen LogP contribution in [-0.2, 0) is 25.7 Å². The fourth-order valence-corrected chi connectivity index (χ4v) is 4.33. The second-order valence-electron chi connectivity index (χ2n) is 6.55. The molecule has 7 heteroatoms. The number of hydrogen-bond donors (Lipinski definition) is 2. The first-order valence-electron chi connectivity index (χ1n) is 9.74. The molecule has 0 saturated carbocycles. The molecule has 148 valence electrons. The van der Waals surface area contributed by atoms with Gasteiger partial charge in [-0.3, -0.25) is 9.98 Å². The third kappa shape index (κ3) is 7.37. The number of halogens is 1. The minimum atomic E-state index is 0. The number of hydrogen-bond acceptors (Lipinski definition) is 4. The third-order valence-corrected chi connectivity index (χ3v) is 5.67. The van der Waals surface area contributed by atoms with E-state index in [4.69, 9.17) is 9.98 Å². The van der Waals surface area contributed by atoms with Crippen molar-refractivity contribution in [2.24, 2.45) is 4.99 Å². The van der Waals surface area contributed by atoms with Gasteiger partial charge in [-0.05, 0) is 51.2 Å². The maximum atomic E-state index is 4.82. The van der Waals surface area contributed by atoms with Crippen molar-refractivity contribution in [1.29, 1.82) is 0 Å². The molecule has 2 heterocycles. The van der Waals surface area contributed by atoms with Crippen molar-refractivity contribution in [3.63, 3.8) is 0 Å². The molecule has 0 fully saturated rings. The summed E-state index contributed by atoms with van der Waals surface area (Å²) in [4.78, 5) is 15.4. The highest BCUT2D eigenvalue weighted by Crippen LogP contribution is 2.27. The Morgan fingerprint density at radius 3 is 2.85 bits per heavy atom. The van der Waals surface area contributed by atoms with Crippen molar-refractivity contribution >= 4 is 41.3 Å². The fraction of sp³-hybridized carbons (Fsp3) is 0.550. The lowest BCUT2D eigenvalue weighted by atomic mass is 10.0. The van der Waals surface area contributed by atoms with Gasteiger partial charge in [0.1, 0.15) is 0 Å². The molecule has 27 heavy (non-hydrogen) atoms. The minimum absolute atomic E-state index is 0. The molecular weight excluding hydrogens is 469 g/mol. The van der Waals surface area contributed by atoms with E-state index in [2.05, 4.69) is 28.6 Å². The molecule has 0 unspecified atom stereocenters. The smallest absolute Gasteiger partial charge is 0.191 e. The van der Waals surface area contributed by atoms with Crippen LogP contribution in [0.15, 0.2) is 29.4 Å². The topological polar surface area (TPSA) is 62.2 Å². The van der Waals surface area contributed by atoms with Crippen molar-refractivity contribution in [3.05, 3.63) is 45.7 Å². The van der Waals surface area contributed by atoms with Crippen LogP contribution in [0.3, 0.4) is 0 Å². The minimum Gasteiger partial charge on any atom is -0.357 e. The number of aromatic nitrogens is 2. The van der Waals surface area contributed by atoms with Gasteiger partial charge >= 0.3 is 0 Å². The summed E-state index contributed by atoms with van der Waals surface area (Å²) in [5.41, 5.74) is 2.47. The van der Waals surface area contributed by atoms with Crippen LogP contribution in [-0.4, -0.2) is 35.6 Å². The molecule has 0 spiro atoms. The van der Waals surface area contributed by atoms with Crippen LogP contribution in [0.2, 0.25) is 0 Å². The number of rotatable bonds is 8. The van der Waals surface area contributed by atoms with Crippen LogP contribution < -0.4 is 10.6 Å². The van der Waals surface area contributed by atoms with E-state index in [1.165, 1.54) is 41.3 Å². The number of thiazole rings is 1. The highest BCUT2D eigenvalue weighted by Gasteiger charge is 2.14. The third-order valence-electron chi connectivity index (χ3n) is 4.45. The summed E-state index contributed by atoms with van der Waals surface area (Å²) in [6, 6.07) is 6.03. The molecule has 2 N–H and O–H groups in total. The summed E-state index contributed by atoms with van der Waals surface area (Å²) in [7, 11) is 0. The molecule has 0 bridgehead atoms. The molecule has 0 radical (unpaired) electrons. The quantitative estimate of drug-likeness (QED) is 0.251. The molecule has 0 aromatic carbocycles. The summed E-state index contributed by atoms with van der Waals surface area (Å²) in [5, 5.41) is 8.00. The van der Waals surface area contributed by atoms with Crippen LogP contribution >= 0.6 is 35.3 Å². The normalized spacial score (nSPS) is 13.6. The Morgan fingerprint density at radius 2 is 2.07 bits per heavy atom. The molecule has 3 rings (SSSR count). The van der Waals surface area contributed by atoms with E-state index in [9.17, 15) is 0 Å². The number of guanidine groups is 1. The first-order valence-corrected chi connectivity index (χ1v) is 10.6. The van der Waals surface area contributed by atoms with Crippen molar-refractivity contribution in [3.8, 4) is 0 Å². The van der Waals surface area contributed by atoms with E-state index < -0.39 is 0 Å². The second kappa shape index (κ2) is 12.3. The first-order chi connectivity index (χ1) is 12.8. The SMILES string of the molecule is CCNC(=NCCCc1nc2c(s1)CCCC2)NCCc1ccccn1.I. The lowest BCUT2D eigenvalue weighted by Crippen LogP contribution is -2.38. The molecule has 2 aromatic rings. The van der Waals surface area contributed by atoms with Gasteiger partial charge in [-0.1, -0.05) is 6.07 Å². The molecule has 1 aliphatic carbocycles. The molecule has 0 aliphatic heterocycles. The number of nitrogens with one attached hydrogen (secondary N) is 2. The molecule has 1 aliphatic rings. The Morgan fingerprint density at radius 1 is 1.19 bits per heavy atom. The molecule has 0 saturated heterocycles. The number of aliphatic imine (C=N–C) groups is 1. The zero-order chi connectivity index (χ0) is 18.0. The lowest BCUT2D eigenvalue weighted by Gasteiger charge is -2.10. The number of nitrogens with zero attached hydrogens (tertiary/aromatic N) is 3. The monoisotopic (exact) mass is 499 g/mol. The molecular formula is C20H30IN5S. The van der Waals surface area contributed by atoms with Gasteiger partial charge in [0.2, 0.25) is 0 Å². The van der Waals surface area contributed by atoms with Gasteiger partial charge in [0.15, 0.2) is 5.96 Å². The molecule has 0 amide bonds. The van der Waals surface area contributed by atoms with Crippen LogP contribution in [0, 0.1) is 0 Å². The van der Waals surface area contributed by atoms with Crippen LogP contribution in [0.1, 0.15) is 47.5 Å². The number of aryl methyl sites for hydroxylation is 3. The lowest BCUT2D eigenvalue weighted by molar-refractivity contribution is 0.679.